The molecule has 58 heavy (non-hydrogen) atoms. The van der Waals surface area contributed by atoms with Crippen molar-refractivity contribution < 1.29 is 33.4 Å². The first-order chi connectivity index (χ1) is 28.1. The SMILES string of the molecule is CC(C)(c1ccc(OCCCCCCCCOCCCCNc2ccc3c(c2)C(=O)N(C2CCC(=O)NC2=O)C3=O)cc1)c1ccc(OCc2ccnc(N)n2)cc1. The van der Waals surface area contributed by atoms with Crippen LogP contribution in [0.2, 0.25) is 0 Å². The van der Waals surface area contributed by atoms with Gasteiger partial charge in [0.15, 0.2) is 0 Å². The molecule has 2 aliphatic heterocycles. The summed E-state index contributed by atoms with van der Waals surface area (Å²) in [5.74, 6) is -0.119. The molecule has 0 radical (unpaired) electrons. The fourth-order valence-electron chi connectivity index (χ4n) is 7.20. The number of carbonyl (C=O) groups is 4. The lowest BCUT2D eigenvalue weighted by Gasteiger charge is -2.27. The summed E-state index contributed by atoms with van der Waals surface area (Å²) in [5.41, 5.74) is 9.89. The first-order valence-electron chi connectivity index (χ1n) is 20.3. The number of anilines is 2. The molecule has 1 saturated heterocycles. The summed E-state index contributed by atoms with van der Waals surface area (Å²) in [6, 6.07) is 22.4. The summed E-state index contributed by atoms with van der Waals surface area (Å²) in [4.78, 5) is 58.8. The highest BCUT2D eigenvalue weighted by molar-refractivity contribution is 6.23. The van der Waals surface area contributed by atoms with Crippen molar-refractivity contribution in [3.05, 3.63) is 107 Å². The van der Waals surface area contributed by atoms with Crippen LogP contribution >= 0.6 is 0 Å². The second kappa shape index (κ2) is 20.0. The van der Waals surface area contributed by atoms with E-state index in [9.17, 15) is 19.2 Å². The van der Waals surface area contributed by atoms with Crippen molar-refractivity contribution in [1.82, 2.24) is 20.2 Å². The summed E-state index contributed by atoms with van der Waals surface area (Å²) in [5, 5.41) is 5.53. The normalized spacial score (nSPS) is 15.3. The van der Waals surface area contributed by atoms with Crippen LogP contribution in [0, 0.1) is 0 Å². The molecule has 306 valence electrons. The summed E-state index contributed by atoms with van der Waals surface area (Å²) >= 11 is 0. The number of benzene rings is 3. The van der Waals surface area contributed by atoms with E-state index in [0.29, 0.717) is 26.4 Å². The average Bonchev–Trinajstić information content (AvgIpc) is 3.46. The van der Waals surface area contributed by atoms with Crippen molar-refractivity contribution in [2.24, 2.45) is 0 Å². The molecule has 0 saturated carbocycles. The zero-order valence-corrected chi connectivity index (χ0v) is 33.5. The molecule has 4 N–H and O–H groups in total. The number of nitrogens with zero attached hydrogens (tertiary/aromatic N) is 3. The Hall–Kier alpha value is -5.82. The largest absolute Gasteiger partial charge is 0.494 e. The third-order valence-electron chi connectivity index (χ3n) is 10.7. The minimum Gasteiger partial charge on any atom is -0.494 e. The van der Waals surface area contributed by atoms with Crippen molar-refractivity contribution in [2.45, 2.75) is 96.1 Å². The molecular weight excluding hydrogens is 737 g/mol. The molecule has 3 aromatic carbocycles. The first kappa shape index (κ1) is 41.8. The number of aromatic nitrogens is 2. The first-order valence-corrected chi connectivity index (χ1v) is 20.3. The summed E-state index contributed by atoms with van der Waals surface area (Å²) in [6.07, 6.45) is 10.4. The van der Waals surface area contributed by atoms with E-state index in [0.717, 1.165) is 72.9 Å². The number of rotatable bonds is 22. The van der Waals surface area contributed by atoms with Gasteiger partial charge in [0.05, 0.1) is 23.4 Å². The Labute approximate surface area is 340 Å². The van der Waals surface area contributed by atoms with E-state index in [1.807, 2.05) is 12.1 Å². The van der Waals surface area contributed by atoms with Gasteiger partial charge in [-0.2, -0.15) is 0 Å². The molecule has 4 aromatic rings. The predicted molar refractivity (Wildman–Crippen MR) is 221 cm³/mol. The number of imide groups is 2. The number of carbonyl (C=O) groups excluding carboxylic acids is 4. The predicted octanol–water partition coefficient (Wildman–Crippen LogP) is 6.99. The van der Waals surface area contributed by atoms with Crippen molar-refractivity contribution in [3.8, 4) is 11.5 Å². The molecule has 0 aliphatic carbocycles. The highest BCUT2D eigenvalue weighted by atomic mass is 16.5. The summed E-state index contributed by atoms with van der Waals surface area (Å²) < 4.78 is 17.8. The number of nitrogen functional groups attached to an aromatic ring is 1. The topological polar surface area (TPSA) is 175 Å². The third kappa shape index (κ3) is 11.0. The lowest BCUT2D eigenvalue weighted by atomic mass is 9.78. The quantitative estimate of drug-likeness (QED) is 0.0553. The Morgan fingerprint density at radius 3 is 2.05 bits per heavy atom. The van der Waals surface area contributed by atoms with E-state index < -0.39 is 29.7 Å². The summed E-state index contributed by atoms with van der Waals surface area (Å²) in [7, 11) is 0. The van der Waals surface area contributed by atoms with Gasteiger partial charge in [-0.05, 0) is 91.8 Å². The smallest absolute Gasteiger partial charge is 0.262 e. The number of hydrogen-bond donors (Lipinski definition) is 3. The van der Waals surface area contributed by atoms with Gasteiger partial charge in [0, 0.05) is 43.5 Å². The maximum Gasteiger partial charge on any atom is 0.262 e. The number of ether oxygens (including phenoxy) is 3. The second-order valence-electron chi connectivity index (χ2n) is 15.3. The number of amides is 4. The van der Waals surface area contributed by atoms with Crippen LogP contribution in [0.4, 0.5) is 11.6 Å². The number of nitrogens with two attached hydrogens (primary N) is 1. The Bertz CT molecular complexity index is 2040. The number of nitrogens with one attached hydrogen (secondary N) is 2. The second-order valence-corrected chi connectivity index (χ2v) is 15.3. The monoisotopic (exact) mass is 790 g/mol. The van der Waals surface area contributed by atoms with Crippen LogP contribution in [-0.2, 0) is 26.3 Å². The van der Waals surface area contributed by atoms with Gasteiger partial charge < -0.3 is 25.3 Å². The molecule has 2 aliphatic rings. The Morgan fingerprint density at radius 2 is 1.38 bits per heavy atom. The van der Waals surface area contributed by atoms with Crippen LogP contribution in [0.3, 0.4) is 0 Å². The minimum atomic E-state index is -0.966. The number of unbranched alkanes of at least 4 members (excludes halogenated alkanes) is 6. The zero-order valence-electron chi connectivity index (χ0n) is 33.5. The molecule has 6 rings (SSSR count). The lowest BCUT2D eigenvalue weighted by Crippen LogP contribution is -2.54. The van der Waals surface area contributed by atoms with Gasteiger partial charge in [0.2, 0.25) is 17.8 Å². The van der Waals surface area contributed by atoms with Gasteiger partial charge in [0.25, 0.3) is 11.8 Å². The fourth-order valence-corrected chi connectivity index (χ4v) is 7.20. The maximum atomic E-state index is 13.0. The molecule has 0 spiro atoms. The van der Waals surface area contributed by atoms with Crippen molar-refractivity contribution in [1.29, 1.82) is 0 Å². The molecule has 0 bridgehead atoms. The molecule has 3 heterocycles. The highest BCUT2D eigenvalue weighted by Crippen LogP contribution is 2.34. The van der Waals surface area contributed by atoms with E-state index in [1.165, 1.54) is 24.0 Å². The van der Waals surface area contributed by atoms with Crippen LogP contribution in [0.1, 0.15) is 116 Å². The van der Waals surface area contributed by atoms with Gasteiger partial charge >= 0.3 is 0 Å². The van der Waals surface area contributed by atoms with Crippen LogP contribution in [-0.4, -0.2) is 70.9 Å². The van der Waals surface area contributed by atoms with Gasteiger partial charge in [-0.1, -0.05) is 63.8 Å². The molecule has 13 nitrogen and oxygen atoms in total. The molecule has 13 heteroatoms. The van der Waals surface area contributed by atoms with Crippen LogP contribution < -0.4 is 25.8 Å². The lowest BCUT2D eigenvalue weighted by molar-refractivity contribution is -0.136. The van der Waals surface area contributed by atoms with Crippen LogP contribution in [0.5, 0.6) is 11.5 Å². The van der Waals surface area contributed by atoms with E-state index in [4.69, 9.17) is 19.9 Å². The Kier molecular flexibility index (Phi) is 14.4. The zero-order chi connectivity index (χ0) is 40.9. The molecule has 1 fully saturated rings. The molecule has 1 atom stereocenters. The number of fused-ring (bicyclic) bond motifs is 1. The summed E-state index contributed by atoms with van der Waals surface area (Å²) in [6.45, 7) is 7.62. The van der Waals surface area contributed by atoms with Gasteiger partial charge in [0.1, 0.15) is 24.1 Å². The average molecular weight is 791 g/mol. The van der Waals surface area contributed by atoms with Gasteiger partial charge in [-0.3, -0.25) is 29.4 Å². The van der Waals surface area contributed by atoms with E-state index in [-0.39, 0.29) is 35.3 Å². The van der Waals surface area contributed by atoms with Crippen molar-refractivity contribution in [3.63, 3.8) is 0 Å². The maximum absolute atomic E-state index is 13.0. The van der Waals surface area contributed by atoms with E-state index in [2.05, 4.69) is 70.8 Å². The highest BCUT2D eigenvalue weighted by Gasteiger charge is 2.44. The standard InChI is InChI=1S/C45H54N6O7/c1-45(2,32-13-18-36(19-14-32)58-30-34-23-25-48-44(46)49-34)31-11-16-35(17-12-31)57-28-9-6-4-3-5-8-26-56-27-10-7-24-47-33-15-20-37-38(29-33)43(55)51(42(37)54)39-21-22-40(52)50-41(39)53/h11-20,23,25,29,39,47H,3-10,21-22,24,26-28,30H2,1-2H3,(H2,46,48,49)(H,50,52,53). The third-order valence-corrected chi connectivity index (χ3v) is 10.7. The van der Waals surface area contributed by atoms with Gasteiger partial charge in [-0.25, -0.2) is 9.97 Å². The fraction of sp³-hybridized carbons (Fsp3) is 0.422. The number of piperidine rings is 1. The Balaban J connectivity index is 0.767. The molecule has 1 aromatic heterocycles. The molecular formula is C45H54N6O7. The molecule has 1 unspecified atom stereocenters. The molecule has 4 amide bonds. The van der Waals surface area contributed by atoms with Crippen molar-refractivity contribution >= 4 is 35.3 Å². The Morgan fingerprint density at radius 1 is 0.759 bits per heavy atom. The minimum absolute atomic E-state index is 0.0939. The van der Waals surface area contributed by atoms with E-state index in [1.54, 1.807) is 30.5 Å². The number of hydrogen-bond acceptors (Lipinski definition) is 11. The van der Waals surface area contributed by atoms with Crippen LogP contribution in [0.25, 0.3) is 0 Å². The van der Waals surface area contributed by atoms with Crippen LogP contribution in [0.15, 0.2) is 79.0 Å². The van der Waals surface area contributed by atoms with E-state index >= 15 is 0 Å². The van der Waals surface area contributed by atoms with Gasteiger partial charge in [-0.15, -0.1) is 0 Å². The van der Waals surface area contributed by atoms with Crippen molar-refractivity contribution in [2.75, 3.05) is 37.4 Å².